The molecule has 1 fully saturated rings. The van der Waals surface area contributed by atoms with Crippen LogP contribution in [0.3, 0.4) is 0 Å². The summed E-state index contributed by atoms with van der Waals surface area (Å²) < 4.78 is 76.4. The maximum absolute atomic E-state index is 12.9. The van der Waals surface area contributed by atoms with Gasteiger partial charge in [0.15, 0.2) is 0 Å². The summed E-state index contributed by atoms with van der Waals surface area (Å²) in [6.45, 7) is 0.0513. The molecule has 0 atom stereocenters. The van der Waals surface area contributed by atoms with Gasteiger partial charge in [-0.25, -0.2) is 0 Å². The molecule has 0 aliphatic carbocycles. The van der Waals surface area contributed by atoms with Crippen LogP contribution in [-0.4, -0.2) is 37.4 Å². The van der Waals surface area contributed by atoms with Gasteiger partial charge in [0, 0.05) is 25.2 Å². The van der Waals surface area contributed by atoms with E-state index in [1.165, 1.54) is 0 Å². The van der Waals surface area contributed by atoms with Crippen molar-refractivity contribution in [1.82, 2.24) is 9.80 Å². The first-order valence-electron chi connectivity index (χ1n) is 6.58. The van der Waals surface area contributed by atoms with E-state index in [-0.39, 0.29) is 32.2 Å². The van der Waals surface area contributed by atoms with Crippen molar-refractivity contribution in [3.63, 3.8) is 0 Å². The molecule has 0 unspecified atom stereocenters. The Kier molecular flexibility index (Phi) is 4.33. The molecule has 1 saturated heterocycles. The largest absolute Gasteiger partial charge is 0.518 e. The first kappa shape index (κ1) is 17.5. The Bertz CT molecular complexity index is 573. The summed E-state index contributed by atoms with van der Waals surface area (Å²) in [7, 11) is 0. The van der Waals surface area contributed by atoms with E-state index >= 15 is 0 Å². The van der Waals surface area contributed by atoms with Crippen LogP contribution in [-0.2, 0) is 12.4 Å². The molecule has 0 bridgehead atoms. The Hall–Kier alpha value is -1.81. The lowest BCUT2D eigenvalue weighted by Crippen LogP contribution is -2.62. The van der Waals surface area contributed by atoms with E-state index in [0.717, 1.165) is 0 Å². The van der Waals surface area contributed by atoms with Gasteiger partial charge < -0.3 is 10.4 Å². The van der Waals surface area contributed by atoms with Gasteiger partial charge in [0.1, 0.15) is 18.8 Å². The lowest BCUT2D eigenvalue weighted by molar-refractivity contribution is -0.143. The number of nitrogens with one attached hydrogen (secondary N) is 1. The second kappa shape index (κ2) is 5.68. The van der Waals surface area contributed by atoms with Crippen molar-refractivity contribution < 1.29 is 36.2 Å². The zero-order chi connectivity index (χ0) is 17.5. The first-order valence-corrected chi connectivity index (χ1v) is 6.58. The zero-order valence-electron chi connectivity index (χ0n) is 11.6. The molecule has 0 aromatic heterocycles. The molecular formula is C13H13F6N2O2+. The molecule has 0 saturated carbocycles. The maximum atomic E-state index is 12.9. The van der Waals surface area contributed by atoms with E-state index in [4.69, 9.17) is 0 Å². The van der Waals surface area contributed by atoms with Crippen LogP contribution in [0.15, 0.2) is 18.2 Å². The zero-order valence-corrected chi connectivity index (χ0v) is 11.6. The molecule has 1 heterocycles. The molecule has 23 heavy (non-hydrogen) atoms. The molecule has 1 aromatic carbocycles. The summed E-state index contributed by atoms with van der Waals surface area (Å²) >= 11 is 0. The topological polar surface area (TPSA) is 49.3 Å². The number of hydrogen-bond acceptors (Lipinski definition) is 2. The number of rotatable bonds is 1. The van der Waals surface area contributed by atoms with Gasteiger partial charge in [0.25, 0.3) is 0 Å². The summed E-state index contributed by atoms with van der Waals surface area (Å²) in [5.74, 6) is 0. The van der Waals surface area contributed by atoms with Crippen LogP contribution in [0.2, 0.25) is 0 Å². The molecule has 10 heteroatoms. The average molecular weight is 343 g/mol. The van der Waals surface area contributed by atoms with Crippen molar-refractivity contribution in [3.05, 3.63) is 29.3 Å². The minimum absolute atomic E-state index is 0.00987. The summed E-state index contributed by atoms with van der Waals surface area (Å²) in [6, 6.07) is 0.952. The van der Waals surface area contributed by atoms with Crippen LogP contribution >= 0.6 is 0 Å². The van der Waals surface area contributed by atoms with Crippen LogP contribution in [0.4, 0.5) is 36.8 Å². The van der Waals surface area contributed by atoms with Crippen LogP contribution in [0.25, 0.3) is 0 Å². The number of hydrogen-bond donors (Lipinski definition) is 2. The van der Waals surface area contributed by atoms with E-state index < -0.39 is 39.7 Å². The van der Waals surface area contributed by atoms with Crippen molar-refractivity contribution in [3.8, 4) is 0 Å². The molecular weight excluding hydrogens is 330 g/mol. The minimum Gasteiger partial charge on any atom is -0.435 e. The Morgan fingerprint density at radius 1 is 0.957 bits per heavy atom. The predicted molar refractivity (Wildman–Crippen MR) is 68.9 cm³/mol. The molecule has 1 aliphatic rings. The number of benzene rings is 1. The highest BCUT2D eigenvalue weighted by atomic mass is 19.4. The van der Waals surface area contributed by atoms with Crippen LogP contribution in [0.5, 0.6) is 0 Å². The standard InChI is InChI=1S/C13H12F6N2O2/c14-12(15,16)8-5-9(13(17,18)19)7-10(6-8)21(11(22)23)3-1-20-2-4-21/h5-7,20H,1-4H2/p+1. The Morgan fingerprint density at radius 3 is 1.74 bits per heavy atom. The van der Waals surface area contributed by atoms with E-state index in [1.807, 2.05) is 0 Å². The van der Waals surface area contributed by atoms with Gasteiger partial charge in [-0.3, -0.25) is 0 Å². The fourth-order valence-corrected chi connectivity index (χ4v) is 2.52. The third-order valence-electron chi connectivity index (χ3n) is 3.77. The molecule has 128 valence electrons. The molecule has 2 rings (SSSR count). The van der Waals surface area contributed by atoms with Crippen molar-refractivity contribution in [2.24, 2.45) is 0 Å². The molecule has 1 amide bonds. The quantitative estimate of drug-likeness (QED) is 0.608. The van der Waals surface area contributed by atoms with Crippen molar-refractivity contribution in [2.75, 3.05) is 26.2 Å². The summed E-state index contributed by atoms with van der Waals surface area (Å²) in [4.78, 5) is 11.6. The Labute approximate surface area is 126 Å². The summed E-state index contributed by atoms with van der Waals surface area (Å²) in [5, 5.41) is 12.2. The van der Waals surface area contributed by atoms with Crippen LogP contribution in [0, 0.1) is 0 Å². The molecule has 1 aliphatic heterocycles. The summed E-state index contributed by atoms with van der Waals surface area (Å²) in [5.41, 5.74) is -3.56. The number of piperazine rings is 1. The number of carbonyl (C=O) groups is 1. The highest BCUT2D eigenvalue weighted by Gasteiger charge is 2.45. The highest BCUT2D eigenvalue weighted by Crippen LogP contribution is 2.40. The maximum Gasteiger partial charge on any atom is 0.518 e. The van der Waals surface area contributed by atoms with Crippen LogP contribution in [0.1, 0.15) is 11.1 Å². The lowest BCUT2D eigenvalue weighted by Gasteiger charge is -2.36. The third-order valence-corrected chi connectivity index (χ3v) is 3.77. The fraction of sp³-hybridized carbons (Fsp3) is 0.462. The number of quaternary nitrogens is 1. The number of amides is 1. The molecule has 2 N–H and O–H groups in total. The second-order valence-corrected chi connectivity index (χ2v) is 5.21. The SMILES string of the molecule is O=C(O)[N+]1(c2cc(C(F)(F)F)cc(C(F)(F)F)c2)CCNCC1. The molecule has 0 spiro atoms. The number of carboxylic acid groups (broad SMARTS) is 1. The first-order chi connectivity index (χ1) is 10.5. The van der Waals surface area contributed by atoms with E-state index in [2.05, 4.69) is 5.32 Å². The highest BCUT2D eigenvalue weighted by molar-refractivity contribution is 5.81. The van der Waals surface area contributed by atoms with Crippen LogP contribution < -0.4 is 9.80 Å². The fourth-order valence-electron chi connectivity index (χ4n) is 2.52. The van der Waals surface area contributed by atoms with Crippen molar-refractivity contribution in [2.45, 2.75) is 12.4 Å². The Morgan fingerprint density at radius 2 is 1.39 bits per heavy atom. The number of alkyl halides is 6. The van der Waals surface area contributed by atoms with Gasteiger partial charge in [-0.2, -0.15) is 35.6 Å². The molecule has 0 radical (unpaired) electrons. The van der Waals surface area contributed by atoms with E-state index in [9.17, 15) is 36.2 Å². The van der Waals surface area contributed by atoms with Crippen molar-refractivity contribution in [1.29, 1.82) is 0 Å². The van der Waals surface area contributed by atoms with Gasteiger partial charge in [-0.15, -0.1) is 0 Å². The number of halogens is 6. The summed E-state index contributed by atoms with van der Waals surface area (Å²) in [6.07, 6.45) is -11.5. The van der Waals surface area contributed by atoms with E-state index in [1.54, 1.807) is 0 Å². The van der Waals surface area contributed by atoms with Gasteiger partial charge in [-0.1, -0.05) is 0 Å². The third kappa shape index (κ3) is 3.42. The number of nitrogens with zero attached hydrogens (tertiary/aromatic N) is 1. The lowest BCUT2D eigenvalue weighted by atomic mass is 10.1. The average Bonchev–Trinajstić information content (AvgIpc) is 2.45. The van der Waals surface area contributed by atoms with Gasteiger partial charge in [-0.05, 0) is 6.07 Å². The van der Waals surface area contributed by atoms with Gasteiger partial charge in [0.05, 0.1) is 11.1 Å². The van der Waals surface area contributed by atoms with Gasteiger partial charge in [0.2, 0.25) is 0 Å². The molecule has 4 nitrogen and oxygen atoms in total. The van der Waals surface area contributed by atoms with Gasteiger partial charge >= 0.3 is 18.4 Å². The predicted octanol–water partition coefficient (Wildman–Crippen LogP) is 3.31. The van der Waals surface area contributed by atoms with E-state index in [0.29, 0.717) is 12.1 Å². The normalized spacial score (nSPS) is 18.7. The monoisotopic (exact) mass is 343 g/mol. The minimum atomic E-state index is -5.01. The Balaban J connectivity index is 2.67. The molecule has 1 aromatic rings. The van der Waals surface area contributed by atoms with Crippen molar-refractivity contribution >= 4 is 11.8 Å². The second-order valence-electron chi connectivity index (χ2n) is 5.21. The smallest absolute Gasteiger partial charge is 0.435 e.